The van der Waals surface area contributed by atoms with E-state index in [0.29, 0.717) is 0 Å². The first-order valence-electron chi connectivity index (χ1n) is 4.67. The number of nitro groups is 2. The van der Waals surface area contributed by atoms with E-state index in [1.165, 1.54) is 12.1 Å². The molecule has 16 heavy (non-hydrogen) atoms. The lowest BCUT2D eigenvalue weighted by Crippen LogP contribution is -1.99. The molecule has 1 saturated carbocycles. The topological polar surface area (TPSA) is 95.5 Å². The zero-order chi connectivity index (χ0) is 11.7. The maximum absolute atomic E-state index is 10.6. The van der Waals surface area contributed by atoms with Crippen molar-refractivity contribution in [1.29, 1.82) is 0 Å². The Morgan fingerprint density at radius 1 is 1.06 bits per heavy atom. The molecule has 1 fully saturated rings. The van der Waals surface area contributed by atoms with E-state index in [4.69, 9.17) is 4.74 Å². The lowest BCUT2D eigenvalue weighted by molar-refractivity contribution is -0.394. The van der Waals surface area contributed by atoms with E-state index in [9.17, 15) is 20.2 Å². The Morgan fingerprint density at radius 3 is 1.94 bits per heavy atom. The van der Waals surface area contributed by atoms with Crippen LogP contribution in [0, 0.1) is 20.2 Å². The van der Waals surface area contributed by atoms with Gasteiger partial charge in [-0.3, -0.25) is 20.2 Å². The molecule has 2 rings (SSSR count). The molecule has 84 valence electrons. The molecule has 0 bridgehead atoms. The highest BCUT2D eigenvalue weighted by Gasteiger charge is 2.25. The number of hydrogen-bond donors (Lipinski definition) is 0. The molecule has 0 radical (unpaired) electrons. The van der Waals surface area contributed by atoms with Gasteiger partial charge in [0.15, 0.2) is 0 Å². The molecule has 0 aliphatic heterocycles. The fraction of sp³-hybridized carbons (Fsp3) is 0.333. The fourth-order valence-electron chi connectivity index (χ4n) is 1.23. The molecule has 1 aliphatic rings. The average Bonchev–Trinajstić information content (AvgIpc) is 3.01. The van der Waals surface area contributed by atoms with Crippen LogP contribution in [0.1, 0.15) is 12.8 Å². The molecule has 0 atom stereocenters. The second-order valence-corrected chi connectivity index (χ2v) is 3.52. The molecule has 1 aliphatic carbocycles. The Labute approximate surface area is 89.9 Å². The predicted molar refractivity (Wildman–Crippen MR) is 53.4 cm³/mol. The molecule has 0 aromatic heterocycles. The quantitative estimate of drug-likeness (QED) is 0.576. The average molecular weight is 224 g/mol. The van der Waals surface area contributed by atoms with E-state index in [0.717, 1.165) is 18.9 Å². The molecule has 7 heteroatoms. The van der Waals surface area contributed by atoms with Crippen LogP contribution in [0.2, 0.25) is 0 Å². The summed E-state index contributed by atoms with van der Waals surface area (Å²) < 4.78 is 5.30. The second kappa shape index (κ2) is 3.76. The number of nitrogens with zero attached hydrogens (tertiary/aromatic N) is 2. The van der Waals surface area contributed by atoms with Crippen molar-refractivity contribution in [2.45, 2.75) is 18.9 Å². The van der Waals surface area contributed by atoms with Crippen molar-refractivity contribution in [3.63, 3.8) is 0 Å². The monoisotopic (exact) mass is 224 g/mol. The van der Waals surface area contributed by atoms with Gasteiger partial charge in [-0.15, -0.1) is 0 Å². The summed E-state index contributed by atoms with van der Waals surface area (Å²) >= 11 is 0. The number of hydrogen-bond acceptors (Lipinski definition) is 5. The minimum absolute atomic E-state index is 0.0432. The van der Waals surface area contributed by atoms with Gasteiger partial charge in [0.2, 0.25) is 0 Å². The first-order valence-corrected chi connectivity index (χ1v) is 4.67. The lowest BCUT2D eigenvalue weighted by Gasteiger charge is -2.03. The Morgan fingerprint density at radius 2 is 1.56 bits per heavy atom. The second-order valence-electron chi connectivity index (χ2n) is 3.52. The fourth-order valence-corrected chi connectivity index (χ4v) is 1.23. The highest BCUT2D eigenvalue weighted by atomic mass is 16.6. The van der Waals surface area contributed by atoms with Crippen molar-refractivity contribution in [2.24, 2.45) is 0 Å². The van der Waals surface area contributed by atoms with E-state index >= 15 is 0 Å². The van der Waals surface area contributed by atoms with Gasteiger partial charge in [0.05, 0.1) is 34.1 Å². The van der Waals surface area contributed by atoms with Gasteiger partial charge in [0.25, 0.3) is 11.4 Å². The first-order chi connectivity index (χ1) is 7.56. The van der Waals surface area contributed by atoms with Crippen LogP contribution in [-0.2, 0) is 0 Å². The molecule has 0 unspecified atom stereocenters. The van der Waals surface area contributed by atoms with Gasteiger partial charge in [-0.05, 0) is 12.8 Å². The van der Waals surface area contributed by atoms with Crippen LogP contribution >= 0.6 is 0 Å². The molecule has 0 saturated heterocycles. The Balaban J connectivity index is 2.35. The van der Waals surface area contributed by atoms with Crippen LogP contribution in [0.15, 0.2) is 18.2 Å². The zero-order valence-electron chi connectivity index (χ0n) is 8.16. The number of non-ortho nitro benzene ring substituents is 2. The maximum atomic E-state index is 10.6. The summed E-state index contributed by atoms with van der Waals surface area (Å²) in [4.78, 5) is 19.8. The van der Waals surface area contributed by atoms with Gasteiger partial charge in [0, 0.05) is 0 Å². The molecular formula is C9H8N2O5. The predicted octanol–water partition coefficient (Wildman–Crippen LogP) is 2.04. The van der Waals surface area contributed by atoms with Gasteiger partial charge in [-0.2, -0.15) is 0 Å². The zero-order valence-corrected chi connectivity index (χ0v) is 8.16. The lowest BCUT2D eigenvalue weighted by atomic mass is 10.2. The molecular weight excluding hydrogens is 216 g/mol. The van der Waals surface area contributed by atoms with Crippen LogP contribution < -0.4 is 4.74 Å². The summed E-state index contributed by atoms with van der Waals surface area (Å²) in [5.74, 6) is 0.184. The highest BCUT2D eigenvalue weighted by Crippen LogP contribution is 2.32. The Bertz CT molecular complexity index is 423. The van der Waals surface area contributed by atoms with Crippen molar-refractivity contribution >= 4 is 11.4 Å². The van der Waals surface area contributed by atoms with E-state index in [1.54, 1.807) is 0 Å². The SMILES string of the molecule is O=[N+]([O-])c1cc(OC2CC2)cc([N+](=O)[O-])c1. The normalized spacial score (nSPS) is 14.5. The first kappa shape index (κ1) is 10.3. The van der Waals surface area contributed by atoms with Crippen molar-refractivity contribution in [3.8, 4) is 5.75 Å². The number of ether oxygens (including phenoxy) is 1. The Kier molecular flexibility index (Phi) is 2.43. The van der Waals surface area contributed by atoms with Crippen LogP contribution in [0.3, 0.4) is 0 Å². The summed E-state index contributed by atoms with van der Waals surface area (Å²) in [5.41, 5.74) is -0.658. The summed E-state index contributed by atoms with van der Waals surface area (Å²) in [6, 6.07) is 3.32. The van der Waals surface area contributed by atoms with Crippen molar-refractivity contribution in [3.05, 3.63) is 38.4 Å². The van der Waals surface area contributed by atoms with Gasteiger partial charge in [-0.25, -0.2) is 0 Å². The third-order valence-electron chi connectivity index (χ3n) is 2.12. The molecule has 1 aromatic rings. The molecule has 7 nitrogen and oxygen atoms in total. The van der Waals surface area contributed by atoms with E-state index in [1.807, 2.05) is 0 Å². The van der Waals surface area contributed by atoms with Gasteiger partial charge < -0.3 is 4.74 Å². The van der Waals surface area contributed by atoms with E-state index < -0.39 is 9.85 Å². The van der Waals surface area contributed by atoms with Gasteiger partial charge >= 0.3 is 0 Å². The molecule has 0 N–H and O–H groups in total. The van der Waals surface area contributed by atoms with Crippen molar-refractivity contribution < 1.29 is 14.6 Å². The smallest absolute Gasteiger partial charge is 0.280 e. The minimum Gasteiger partial charge on any atom is -0.490 e. The van der Waals surface area contributed by atoms with Gasteiger partial charge in [-0.1, -0.05) is 0 Å². The Hall–Kier alpha value is -2.18. The highest BCUT2D eigenvalue weighted by molar-refractivity contribution is 5.49. The van der Waals surface area contributed by atoms with E-state index in [2.05, 4.69) is 0 Å². The third-order valence-corrected chi connectivity index (χ3v) is 2.12. The summed E-state index contributed by atoms with van der Waals surface area (Å²) in [6.45, 7) is 0. The van der Waals surface area contributed by atoms with Crippen molar-refractivity contribution in [2.75, 3.05) is 0 Å². The standard InChI is InChI=1S/C9H8N2O5/c12-10(13)6-3-7(11(14)15)5-9(4-6)16-8-1-2-8/h3-5,8H,1-2H2. The third kappa shape index (κ3) is 2.25. The molecule has 0 heterocycles. The molecule has 1 aromatic carbocycles. The summed E-state index contributed by atoms with van der Waals surface area (Å²) in [7, 11) is 0. The van der Waals surface area contributed by atoms with Crippen LogP contribution in [0.25, 0.3) is 0 Å². The van der Waals surface area contributed by atoms with Crippen LogP contribution in [0.4, 0.5) is 11.4 Å². The number of nitro benzene ring substituents is 2. The number of rotatable bonds is 4. The molecule has 0 amide bonds. The summed E-state index contributed by atoms with van der Waals surface area (Å²) in [5, 5.41) is 21.1. The largest absolute Gasteiger partial charge is 0.490 e. The van der Waals surface area contributed by atoms with E-state index in [-0.39, 0.29) is 23.2 Å². The minimum atomic E-state index is -0.674. The summed E-state index contributed by atoms with van der Waals surface area (Å²) in [6.07, 6.45) is 1.81. The van der Waals surface area contributed by atoms with Crippen LogP contribution in [-0.4, -0.2) is 16.0 Å². The van der Waals surface area contributed by atoms with Gasteiger partial charge in [0.1, 0.15) is 5.75 Å². The van der Waals surface area contributed by atoms with Crippen LogP contribution in [0.5, 0.6) is 5.75 Å². The maximum Gasteiger partial charge on any atom is 0.280 e. The van der Waals surface area contributed by atoms with Crippen molar-refractivity contribution in [1.82, 2.24) is 0 Å². The number of benzene rings is 1. The molecule has 0 spiro atoms.